The lowest BCUT2D eigenvalue weighted by molar-refractivity contribution is 0.201. The lowest BCUT2D eigenvalue weighted by atomic mass is 10.1. The average Bonchev–Trinajstić information content (AvgIpc) is 2.97. The Balaban J connectivity index is 1.71. The van der Waals surface area contributed by atoms with E-state index in [1.165, 1.54) is 0 Å². The zero-order chi connectivity index (χ0) is 21.6. The Bertz CT molecular complexity index is 1080. The number of anilines is 2. The third-order valence-electron chi connectivity index (χ3n) is 5.27. The number of aromatic nitrogens is 1. The summed E-state index contributed by atoms with van der Waals surface area (Å²) in [5, 5.41) is 13.5. The van der Waals surface area contributed by atoms with Gasteiger partial charge in [-0.3, -0.25) is 4.21 Å². The molecule has 1 aliphatic heterocycles. The molecule has 2 heterocycles. The van der Waals surface area contributed by atoms with Crippen LogP contribution in [0, 0.1) is 0 Å². The summed E-state index contributed by atoms with van der Waals surface area (Å²) in [5.41, 5.74) is 8.56. The molecule has 3 aromatic rings. The van der Waals surface area contributed by atoms with Crippen molar-refractivity contribution in [3.05, 3.63) is 54.1 Å². The molecule has 1 aliphatic rings. The van der Waals surface area contributed by atoms with Crippen LogP contribution >= 0.6 is 0 Å². The first-order valence-corrected chi connectivity index (χ1v) is 11.8. The second-order valence-corrected chi connectivity index (χ2v) is 8.97. The Morgan fingerprint density at radius 3 is 2.94 bits per heavy atom. The van der Waals surface area contributed by atoms with E-state index in [1.807, 2.05) is 48.5 Å². The first kappa shape index (κ1) is 21.5. The number of hydrogen-bond acceptors (Lipinski definition) is 7. The van der Waals surface area contributed by atoms with Gasteiger partial charge in [-0.25, -0.2) is 4.98 Å². The predicted molar refractivity (Wildman–Crippen MR) is 125 cm³/mol. The summed E-state index contributed by atoms with van der Waals surface area (Å²) in [4.78, 5) is 8.01. The van der Waals surface area contributed by atoms with E-state index in [0.717, 1.165) is 45.8 Å². The summed E-state index contributed by atoms with van der Waals surface area (Å²) >= 11 is 0. The van der Waals surface area contributed by atoms with Crippen LogP contribution in [0.15, 0.2) is 53.4 Å². The normalized spacial score (nSPS) is 16.1. The summed E-state index contributed by atoms with van der Waals surface area (Å²) < 4.78 is 18.3. The van der Waals surface area contributed by atoms with Crippen molar-refractivity contribution < 1.29 is 14.1 Å². The molecule has 164 valence electrons. The van der Waals surface area contributed by atoms with Crippen LogP contribution in [0.3, 0.4) is 0 Å². The van der Waals surface area contributed by atoms with Crippen LogP contribution < -0.4 is 20.7 Å². The predicted octanol–water partition coefficient (Wildman–Crippen LogP) is 2.49. The van der Waals surface area contributed by atoms with Gasteiger partial charge in [0.25, 0.3) is 0 Å². The monoisotopic (exact) mass is 440 g/mol. The van der Waals surface area contributed by atoms with E-state index in [9.17, 15) is 4.21 Å². The van der Waals surface area contributed by atoms with Gasteiger partial charge in [0.1, 0.15) is 18.2 Å². The number of fused-ring (bicyclic) bond motifs is 2. The summed E-state index contributed by atoms with van der Waals surface area (Å²) in [5.74, 6) is 2.11. The minimum absolute atomic E-state index is 0.0331. The van der Waals surface area contributed by atoms with Gasteiger partial charge in [-0.15, -0.1) is 0 Å². The molecule has 0 radical (unpaired) electrons. The maximum Gasteiger partial charge on any atom is 0.131 e. The highest BCUT2D eigenvalue weighted by Crippen LogP contribution is 2.32. The Labute approximate surface area is 184 Å². The number of aliphatic hydroxyl groups is 1. The third kappa shape index (κ3) is 4.98. The van der Waals surface area contributed by atoms with Crippen molar-refractivity contribution in [3.8, 4) is 5.75 Å². The largest absolute Gasteiger partial charge is 0.491 e. The molecule has 0 saturated heterocycles. The zero-order valence-electron chi connectivity index (χ0n) is 17.4. The molecule has 1 atom stereocenters. The number of aliphatic hydroxyl groups excluding tert-OH is 1. The maximum atomic E-state index is 12.7. The lowest BCUT2D eigenvalue weighted by Gasteiger charge is -2.23. The van der Waals surface area contributed by atoms with E-state index in [2.05, 4.69) is 10.2 Å². The highest BCUT2D eigenvalue weighted by Gasteiger charge is 2.21. The van der Waals surface area contributed by atoms with Gasteiger partial charge < -0.3 is 25.8 Å². The van der Waals surface area contributed by atoms with Gasteiger partial charge in [0.05, 0.1) is 22.9 Å². The third-order valence-corrected chi connectivity index (χ3v) is 6.71. The van der Waals surface area contributed by atoms with Crippen molar-refractivity contribution in [3.63, 3.8) is 0 Å². The summed E-state index contributed by atoms with van der Waals surface area (Å²) in [6, 6.07) is 15.7. The second-order valence-electron chi connectivity index (χ2n) is 7.43. The second kappa shape index (κ2) is 10.1. The van der Waals surface area contributed by atoms with Gasteiger partial charge >= 0.3 is 0 Å². The highest BCUT2D eigenvalue weighted by molar-refractivity contribution is 7.85. The maximum absolute atomic E-state index is 12.7. The van der Waals surface area contributed by atoms with E-state index in [0.29, 0.717) is 31.1 Å². The van der Waals surface area contributed by atoms with Gasteiger partial charge in [-0.05, 0) is 42.8 Å². The zero-order valence-corrected chi connectivity index (χ0v) is 18.2. The number of ether oxygens (including phenoxy) is 1. The molecular formula is C23H28N4O3S. The molecule has 0 amide bonds. The number of nitrogens with one attached hydrogen (secondary N) is 1. The fraction of sp³-hybridized carbons (Fsp3) is 0.348. The molecule has 1 unspecified atom stereocenters. The lowest BCUT2D eigenvalue weighted by Crippen LogP contribution is -2.26. The SMILES string of the molecule is NCCCNc1cc(N2CCS(=O)c3ccccc3C2)nc2ccc(OCCO)cc12. The highest BCUT2D eigenvalue weighted by atomic mass is 32.2. The van der Waals surface area contributed by atoms with Crippen molar-refractivity contribution in [2.75, 3.05) is 48.8 Å². The van der Waals surface area contributed by atoms with E-state index < -0.39 is 10.8 Å². The van der Waals surface area contributed by atoms with Crippen LogP contribution in [0.1, 0.15) is 12.0 Å². The average molecular weight is 441 g/mol. The summed E-state index contributed by atoms with van der Waals surface area (Å²) in [6.45, 7) is 2.91. The summed E-state index contributed by atoms with van der Waals surface area (Å²) in [7, 11) is -1.01. The van der Waals surface area contributed by atoms with Crippen molar-refractivity contribution in [2.24, 2.45) is 5.73 Å². The fourth-order valence-corrected chi connectivity index (χ4v) is 4.98. The minimum atomic E-state index is -1.01. The van der Waals surface area contributed by atoms with E-state index in [-0.39, 0.29) is 13.2 Å². The molecule has 7 nitrogen and oxygen atoms in total. The van der Waals surface area contributed by atoms with Crippen LogP contribution in [0.4, 0.5) is 11.5 Å². The number of rotatable bonds is 8. The molecule has 0 aliphatic carbocycles. The molecule has 8 heteroatoms. The van der Waals surface area contributed by atoms with Crippen LogP contribution in [-0.2, 0) is 17.3 Å². The van der Waals surface area contributed by atoms with Gasteiger partial charge in [0, 0.05) is 47.4 Å². The smallest absolute Gasteiger partial charge is 0.131 e. The number of hydrogen-bond donors (Lipinski definition) is 3. The molecule has 0 fully saturated rings. The Kier molecular flexibility index (Phi) is 7.01. The minimum Gasteiger partial charge on any atom is -0.491 e. The van der Waals surface area contributed by atoms with Crippen LogP contribution in [0.25, 0.3) is 10.9 Å². The first-order chi connectivity index (χ1) is 15.2. The molecule has 0 saturated carbocycles. The van der Waals surface area contributed by atoms with Crippen LogP contribution in [0.5, 0.6) is 5.75 Å². The Morgan fingerprint density at radius 2 is 2.10 bits per heavy atom. The molecule has 0 spiro atoms. The number of nitrogens with zero attached hydrogens (tertiary/aromatic N) is 2. The standard InChI is InChI=1S/C23H28N4O3S/c24-8-3-9-25-21-15-23(26-20-7-6-18(14-19(20)21)30-12-11-28)27-10-13-31(29)22-5-2-1-4-17(22)16-27/h1-2,4-7,14-15,28H,3,8-13,16,24H2,(H,25,26). The molecule has 1 aromatic heterocycles. The molecular weight excluding hydrogens is 412 g/mol. The molecule has 4 N–H and O–H groups in total. The van der Waals surface area contributed by atoms with Crippen molar-refractivity contribution in [1.82, 2.24) is 4.98 Å². The topological polar surface area (TPSA) is 101 Å². The van der Waals surface area contributed by atoms with Crippen LogP contribution in [0.2, 0.25) is 0 Å². The quantitative estimate of drug-likeness (QED) is 0.463. The van der Waals surface area contributed by atoms with Crippen LogP contribution in [-0.4, -0.2) is 52.9 Å². The Morgan fingerprint density at radius 1 is 1.23 bits per heavy atom. The molecule has 0 bridgehead atoms. The molecule has 31 heavy (non-hydrogen) atoms. The number of pyridine rings is 1. The summed E-state index contributed by atoms with van der Waals surface area (Å²) in [6.07, 6.45) is 0.857. The van der Waals surface area contributed by atoms with Gasteiger partial charge in [0.2, 0.25) is 0 Å². The van der Waals surface area contributed by atoms with Gasteiger partial charge in [-0.2, -0.15) is 0 Å². The molecule has 4 rings (SSSR count). The van der Waals surface area contributed by atoms with Gasteiger partial charge in [0.15, 0.2) is 0 Å². The first-order valence-electron chi connectivity index (χ1n) is 10.5. The Hall–Kier alpha value is -2.68. The molecule has 2 aromatic carbocycles. The van der Waals surface area contributed by atoms with E-state index in [1.54, 1.807) is 0 Å². The van der Waals surface area contributed by atoms with E-state index in [4.69, 9.17) is 20.6 Å². The van der Waals surface area contributed by atoms with Gasteiger partial charge in [-0.1, -0.05) is 18.2 Å². The number of nitrogens with two attached hydrogens (primary N) is 1. The number of benzene rings is 2. The van der Waals surface area contributed by atoms with E-state index >= 15 is 0 Å². The fourth-order valence-electron chi connectivity index (χ4n) is 3.72. The van der Waals surface area contributed by atoms with Crippen molar-refractivity contribution in [1.29, 1.82) is 0 Å². The van der Waals surface area contributed by atoms with Crippen molar-refractivity contribution >= 4 is 33.2 Å². The van der Waals surface area contributed by atoms with Crippen molar-refractivity contribution in [2.45, 2.75) is 17.9 Å².